The number of benzene rings is 2. The zero-order chi connectivity index (χ0) is 19.2. The number of para-hydroxylation sites is 1. The van der Waals surface area contributed by atoms with E-state index in [0.29, 0.717) is 13.0 Å². The van der Waals surface area contributed by atoms with E-state index in [2.05, 4.69) is 5.32 Å². The van der Waals surface area contributed by atoms with Crippen LogP contribution in [0.2, 0.25) is 0 Å². The number of hydrogen-bond donors (Lipinski definition) is 1. The van der Waals surface area contributed by atoms with Crippen molar-refractivity contribution in [3.05, 3.63) is 65.2 Å². The molecule has 0 bridgehead atoms. The van der Waals surface area contributed by atoms with Crippen molar-refractivity contribution in [1.29, 1.82) is 0 Å². The Morgan fingerprint density at radius 2 is 1.62 bits per heavy atom. The van der Waals surface area contributed by atoms with Gasteiger partial charge < -0.3 is 5.32 Å². The second-order valence-electron chi connectivity index (χ2n) is 6.50. The summed E-state index contributed by atoms with van der Waals surface area (Å²) in [5.41, 5.74) is 3.80. The number of nitrogens with one attached hydrogen (secondary N) is 1. The van der Waals surface area contributed by atoms with Crippen LogP contribution in [0.3, 0.4) is 0 Å². The number of hydrogen-bond acceptors (Lipinski definition) is 3. The van der Waals surface area contributed by atoms with Crippen molar-refractivity contribution in [2.45, 2.75) is 26.7 Å². The largest absolute Gasteiger partial charge is 0.324 e. The molecule has 0 aliphatic heterocycles. The summed E-state index contributed by atoms with van der Waals surface area (Å²) in [4.78, 5) is 12.4. The monoisotopic (exact) mass is 374 g/mol. The molecular formula is C20H26N2O3S. The molecule has 2 rings (SSSR count). The Kier molecular flexibility index (Phi) is 6.94. The maximum atomic E-state index is 12.4. The van der Waals surface area contributed by atoms with E-state index in [1.54, 1.807) is 0 Å². The molecule has 5 nitrogen and oxygen atoms in total. The van der Waals surface area contributed by atoms with Crippen molar-refractivity contribution < 1.29 is 13.2 Å². The third kappa shape index (κ3) is 5.97. The first-order valence-electron chi connectivity index (χ1n) is 8.62. The summed E-state index contributed by atoms with van der Waals surface area (Å²) in [5, 5.41) is 2.84. The number of carbonyl (C=O) groups is 1. The molecule has 1 amide bonds. The van der Waals surface area contributed by atoms with Crippen molar-refractivity contribution in [2.75, 3.05) is 24.7 Å². The summed E-state index contributed by atoms with van der Waals surface area (Å²) in [6.07, 6.45) is 2.57. The van der Waals surface area contributed by atoms with Crippen LogP contribution in [0.5, 0.6) is 0 Å². The minimum atomic E-state index is -3.45. The lowest BCUT2D eigenvalue weighted by atomic mass is 10.1. The van der Waals surface area contributed by atoms with Crippen LogP contribution in [0.4, 0.5) is 5.69 Å². The van der Waals surface area contributed by atoms with E-state index >= 15 is 0 Å². The summed E-state index contributed by atoms with van der Waals surface area (Å²) < 4.78 is 25.3. The quantitative estimate of drug-likeness (QED) is 0.772. The first kappa shape index (κ1) is 20.1. The summed E-state index contributed by atoms with van der Waals surface area (Å²) in [6, 6.07) is 15.6. The number of carbonyl (C=O) groups excluding carboxylic acids is 1. The van der Waals surface area contributed by atoms with Gasteiger partial charge in [0.2, 0.25) is 15.9 Å². The van der Waals surface area contributed by atoms with E-state index in [9.17, 15) is 13.2 Å². The SMILES string of the molecule is Cc1cccc(C)c1NC(=O)CN(CCCc1ccccc1)S(C)(=O)=O. The number of amides is 1. The highest BCUT2D eigenvalue weighted by molar-refractivity contribution is 7.88. The van der Waals surface area contributed by atoms with Crippen molar-refractivity contribution >= 4 is 21.6 Å². The Hall–Kier alpha value is -2.18. The smallest absolute Gasteiger partial charge is 0.239 e. The molecule has 0 heterocycles. The lowest BCUT2D eigenvalue weighted by molar-refractivity contribution is -0.116. The molecule has 1 N–H and O–H groups in total. The van der Waals surface area contributed by atoms with Gasteiger partial charge in [-0.25, -0.2) is 8.42 Å². The average Bonchev–Trinajstić information content (AvgIpc) is 2.57. The molecule has 0 aliphatic rings. The molecule has 2 aromatic carbocycles. The Labute approximate surface area is 156 Å². The Morgan fingerprint density at radius 3 is 2.19 bits per heavy atom. The Morgan fingerprint density at radius 1 is 1.00 bits per heavy atom. The van der Waals surface area contributed by atoms with Gasteiger partial charge in [-0.3, -0.25) is 4.79 Å². The van der Waals surface area contributed by atoms with Gasteiger partial charge in [0.05, 0.1) is 12.8 Å². The van der Waals surface area contributed by atoms with Crippen LogP contribution in [0, 0.1) is 13.8 Å². The first-order valence-corrected chi connectivity index (χ1v) is 10.5. The van der Waals surface area contributed by atoms with Crippen molar-refractivity contribution in [3.8, 4) is 0 Å². The van der Waals surface area contributed by atoms with Crippen LogP contribution in [-0.4, -0.2) is 38.0 Å². The van der Waals surface area contributed by atoms with Gasteiger partial charge in [-0.15, -0.1) is 0 Å². The normalized spacial score (nSPS) is 11.5. The molecule has 0 aromatic heterocycles. The highest BCUT2D eigenvalue weighted by Gasteiger charge is 2.20. The third-order valence-corrected chi connectivity index (χ3v) is 5.50. The summed E-state index contributed by atoms with van der Waals surface area (Å²) in [7, 11) is -3.45. The number of anilines is 1. The summed E-state index contributed by atoms with van der Waals surface area (Å²) in [6.45, 7) is 3.96. The molecule has 0 aliphatic carbocycles. The van der Waals surface area contributed by atoms with E-state index in [1.165, 1.54) is 4.31 Å². The summed E-state index contributed by atoms with van der Waals surface area (Å²) in [5.74, 6) is -0.326. The Bertz CT molecular complexity index is 828. The molecule has 0 saturated heterocycles. The zero-order valence-electron chi connectivity index (χ0n) is 15.5. The second-order valence-corrected chi connectivity index (χ2v) is 8.48. The maximum Gasteiger partial charge on any atom is 0.239 e. The molecule has 0 radical (unpaired) electrons. The van der Waals surface area contributed by atoms with Crippen LogP contribution in [0.1, 0.15) is 23.1 Å². The van der Waals surface area contributed by atoms with E-state index in [-0.39, 0.29) is 12.5 Å². The average molecular weight is 375 g/mol. The number of sulfonamides is 1. The molecule has 26 heavy (non-hydrogen) atoms. The van der Waals surface area contributed by atoms with Gasteiger partial charge in [0.1, 0.15) is 0 Å². The molecule has 0 unspecified atom stereocenters. The fourth-order valence-electron chi connectivity index (χ4n) is 2.82. The van der Waals surface area contributed by atoms with Gasteiger partial charge in [0, 0.05) is 12.2 Å². The number of rotatable bonds is 8. The van der Waals surface area contributed by atoms with Crippen molar-refractivity contribution in [3.63, 3.8) is 0 Å². The molecule has 6 heteroatoms. The van der Waals surface area contributed by atoms with Gasteiger partial charge >= 0.3 is 0 Å². The standard InChI is InChI=1S/C20H26N2O3S/c1-16-9-7-10-17(2)20(16)21-19(23)15-22(26(3,24)25)14-8-13-18-11-5-4-6-12-18/h4-7,9-12H,8,13-15H2,1-3H3,(H,21,23). The van der Waals surface area contributed by atoms with Crippen LogP contribution in [0.15, 0.2) is 48.5 Å². The number of aryl methyl sites for hydroxylation is 3. The fourth-order valence-corrected chi connectivity index (χ4v) is 3.63. The predicted molar refractivity (Wildman–Crippen MR) is 106 cm³/mol. The molecule has 0 spiro atoms. The van der Waals surface area contributed by atoms with Crippen LogP contribution in [0.25, 0.3) is 0 Å². The van der Waals surface area contributed by atoms with E-state index < -0.39 is 10.0 Å². The van der Waals surface area contributed by atoms with Crippen molar-refractivity contribution in [1.82, 2.24) is 4.31 Å². The highest BCUT2D eigenvalue weighted by atomic mass is 32.2. The predicted octanol–water partition coefficient (Wildman–Crippen LogP) is 3.14. The van der Waals surface area contributed by atoms with Crippen LogP contribution in [-0.2, 0) is 21.2 Å². The van der Waals surface area contributed by atoms with E-state index in [1.807, 2.05) is 62.4 Å². The lowest BCUT2D eigenvalue weighted by Gasteiger charge is -2.20. The molecule has 0 atom stereocenters. The second kappa shape index (κ2) is 8.96. The molecule has 0 saturated carbocycles. The third-order valence-electron chi connectivity index (χ3n) is 4.25. The van der Waals surface area contributed by atoms with Gasteiger partial charge in [-0.1, -0.05) is 48.5 Å². The van der Waals surface area contributed by atoms with Gasteiger partial charge in [-0.2, -0.15) is 4.31 Å². The van der Waals surface area contributed by atoms with Gasteiger partial charge in [0.15, 0.2) is 0 Å². The first-order chi connectivity index (χ1) is 12.3. The molecule has 0 fully saturated rings. The maximum absolute atomic E-state index is 12.4. The minimum absolute atomic E-state index is 0.179. The molecule has 2 aromatic rings. The fraction of sp³-hybridized carbons (Fsp3) is 0.350. The van der Waals surface area contributed by atoms with Crippen molar-refractivity contribution in [2.24, 2.45) is 0 Å². The lowest BCUT2D eigenvalue weighted by Crippen LogP contribution is -2.38. The van der Waals surface area contributed by atoms with Crippen LogP contribution >= 0.6 is 0 Å². The van der Waals surface area contributed by atoms with E-state index in [4.69, 9.17) is 0 Å². The molecule has 140 valence electrons. The van der Waals surface area contributed by atoms with Gasteiger partial charge in [0.25, 0.3) is 0 Å². The Balaban J connectivity index is 1.98. The van der Waals surface area contributed by atoms with Gasteiger partial charge in [-0.05, 0) is 43.4 Å². The number of nitrogens with zero attached hydrogens (tertiary/aromatic N) is 1. The summed E-state index contributed by atoms with van der Waals surface area (Å²) >= 11 is 0. The van der Waals surface area contributed by atoms with E-state index in [0.717, 1.165) is 35.1 Å². The minimum Gasteiger partial charge on any atom is -0.324 e. The topological polar surface area (TPSA) is 66.5 Å². The van der Waals surface area contributed by atoms with Crippen LogP contribution < -0.4 is 5.32 Å². The molecular weight excluding hydrogens is 348 g/mol. The highest BCUT2D eigenvalue weighted by Crippen LogP contribution is 2.19. The zero-order valence-corrected chi connectivity index (χ0v) is 16.3.